The van der Waals surface area contributed by atoms with Crippen LogP contribution in [0.25, 0.3) is 17.4 Å². The van der Waals surface area contributed by atoms with E-state index < -0.39 is 12.0 Å². The van der Waals surface area contributed by atoms with Gasteiger partial charge < -0.3 is 13.9 Å². The molecule has 10 heteroatoms. The summed E-state index contributed by atoms with van der Waals surface area (Å²) in [5.41, 5.74) is 2.02. The van der Waals surface area contributed by atoms with Crippen molar-refractivity contribution in [3.05, 3.63) is 107 Å². The van der Waals surface area contributed by atoms with Crippen molar-refractivity contribution < 1.29 is 18.7 Å². The molecule has 0 aliphatic carbocycles. The van der Waals surface area contributed by atoms with Crippen molar-refractivity contribution in [2.24, 2.45) is 4.99 Å². The van der Waals surface area contributed by atoms with Crippen molar-refractivity contribution in [1.82, 2.24) is 4.57 Å². The van der Waals surface area contributed by atoms with Gasteiger partial charge in [-0.05, 0) is 75.7 Å². The Morgan fingerprint density at radius 2 is 1.88 bits per heavy atom. The van der Waals surface area contributed by atoms with Gasteiger partial charge in [-0.3, -0.25) is 9.36 Å². The number of ether oxygens (including phenoxy) is 2. The summed E-state index contributed by atoms with van der Waals surface area (Å²) in [5, 5.41) is 0.870. The van der Waals surface area contributed by atoms with Crippen molar-refractivity contribution in [3.63, 3.8) is 0 Å². The van der Waals surface area contributed by atoms with E-state index in [0.717, 1.165) is 11.1 Å². The first-order chi connectivity index (χ1) is 19.2. The molecule has 0 fully saturated rings. The molecule has 1 atom stereocenters. The van der Waals surface area contributed by atoms with E-state index >= 15 is 0 Å². The Balaban J connectivity index is 1.61. The van der Waals surface area contributed by atoms with E-state index in [1.54, 1.807) is 55.7 Å². The molecule has 40 heavy (non-hydrogen) atoms. The van der Waals surface area contributed by atoms with Crippen LogP contribution in [0.15, 0.2) is 80.1 Å². The first-order valence-electron chi connectivity index (χ1n) is 12.7. The summed E-state index contributed by atoms with van der Waals surface area (Å²) in [6.45, 7) is 7.75. The number of halogens is 2. The molecule has 0 radical (unpaired) electrons. The maximum absolute atomic E-state index is 13.8. The summed E-state index contributed by atoms with van der Waals surface area (Å²) in [4.78, 5) is 32.2. The van der Waals surface area contributed by atoms with Crippen molar-refractivity contribution in [2.75, 3.05) is 6.61 Å². The highest BCUT2D eigenvalue weighted by Crippen LogP contribution is 2.32. The van der Waals surface area contributed by atoms with Crippen LogP contribution >= 0.6 is 34.5 Å². The van der Waals surface area contributed by atoms with Gasteiger partial charge >= 0.3 is 5.97 Å². The predicted molar refractivity (Wildman–Crippen MR) is 157 cm³/mol. The molecule has 1 aliphatic heterocycles. The number of esters is 1. The number of carbonyl (C=O) groups is 1. The molecule has 0 saturated carbocycles. The number of fused-ring (bicyclic) bond motifs is 1. The van der Waals surface area contributed by atoms with Gasteiger partial charge in [-0.15, -0.1) is 0 Å². The molecule has 3 heterocycles. The third-order valence-electron chi connectivity index (χ3n) is 6.20. The van der Waals surface area contributed by atoms with Crippen LogP contribution in [0.5, 0.6) is 5.75 Å². The monoisotopic (exact) mass is 596 g/mol. The molecule has 0 amide bonds. The summed E-state index contributed by atoms with van der Waals surface area (Å²) in [6, 6.07) is 15.4. The standard InChI is InChI=1S/C30H26Cl2N2O5S/c1-5-37-20-9-6-18(7-10-20)27-26(29(36)38-16(2)3)17(4)33-30-34(27)28(35)25(40-30)15-21-11-13-24(39-21)19-8-12-22(31)23(32)14-19/h6-16,27H,5H2,1-4H3. The number of rotatable bonds is 7. The number of furan rings is 1. The molecule has 0 saturated heterocycles. The third kappa shape index (κ3) is 5.52. The third-order valence-corrected chi connectivity index (χ3v) is 7.92. The summed E-state index contributed by atoms with van der Waals surface area (Å²) in [7, 11) is 0. The molecule has 1 aliphatic rings. The van der Waals surface area contributed by atoms with Gasteiger partial charge in [0.25, 0.3) is 5.56 Å². The average molecular weight is 598 g/mol. The second-order valence-electron chi connectivity index (χ2n) is 9.37. The largest absolute Gasteiger partial charge is 0.494 e. The Morgan fingerprint density at radius 3 is 2.55 bits per heavy atom. The molecule has 2 aromatic carbocycles. The summed E-state index contributed by atoms with van der Waals surface area (Å²) < 4.78 is 19.1. The van der Waals surface area contributed by atoms with Crippen LogP contribution in [0, 0.1) is 0 Å². The minimum Gasteiger partial charge on any atom is -0.494 e. The van der Waals surface area contributed by atoms with Gasteiger partial charge in [-0.2, -0.15) is 0 Å². The van der Waals surface area contributed by atoms with Gasteiger partial charge in [-0.1, -0.05) is 46.7 Å². The number of hydrogen-bond donors (Lipinski definition) is 0. The van der Waals surface area contributed by atoms with Crippen LogP contribution in [-0.2, 0) is 9.53 Å². The van der Waals surface area contributed by atoms with Crippen LogP contribution in [0.4, 0.5) is 0 Å². The molecule has 5 rings (SSSR count). The Kier molecular flexibility index (Phi) is 8.03. The topological polar surface area (TPSA) is 83.0 Å². The molecular weight excluding hydrogens is 571 g/mol. The fourth-order valence-corrected chi connectivity index (χ4v) is 5.78. The lowest BCUT2D eigenvalue weighted by Crippen LogP contribution is -2.40. The van der Waals surface area contributed by atoms with Gasteiger partial charge in [0.1, 0.15) is 17.3 Å². The van der Waals surface area contributed by atoms with Gasteiger partial charge in [0, 0.05) is 11.6 Å². The Morgan fingerprint density at radius 1 is 1.12 bits per heavy atom. The van der Waals surface area contributed by atoms with E-state index in [0.29, 0.717) is 54.5 Å². The number of benzene rings is 2. The van der Waals surface area contributed by atoms with Crippen molar-refractivity contribution in [3.8, 4) is 17.1 Å². The fourth-order valence-electron chi connectivity index (χ4n) is 4.45. The smallest absolute Gasteiger partial charge is 0.338 e. The lowest BCUT2D eigenvalue weighted by atomic mass is 9.96. The Hall–Kier alpha value is -3.59. The minimum absolute atomic E-state index is 0.294. The number of nitrogens with zero attached hydrogens (tertiary/aromatic N) is 2. The van der Waals surface area contributed by atoms with Crippen molar-refractivity contribution in [2.45, 2.75) is 39.8 Å². The maximum Gasteiger partial charge on any atom is 0.338 e. The highest BCUT2D eigenvalue weighted by atomic mass is 35.5. The molecule has 7 nitrogen and oxygen atoms in total. The second kappa shape index (κ2) is 11.5. The zero-order chi connectivity index (χ0) is 28.6. The van der Waals surface area contributed by atoms with Crippen molar-refractivity contribution >= 4 is 46.6 Å². The lowest BCUT2D eigenvalue weighted by molar-refractivity contribution is -0.143. The lowest BCUT2D eigenvalue weighted by Gasteiger charge is -2.25. The van der Waals surface area contributed by atoms with Gasteiger partial charge in [0.2, 0.25) is 0 Å². The highest BCUT2D eigenvalue weighted by Gasteiger charge is 2.33. The SMILES string of the molecule is CCOc1ccc(C2C(C(=O)OC(C)C)=C(C)N=c3sc(=Cc4ccc(-c5ccc(Cl)c(Cl)c5)o4)c(=O)n32)cc1. The van der Waals surface area contributed by atoms with Crippen LogP contribution in [0.1, 0.15) is 45.1 Å². The molecule has 0 bridgehead atoms. The number of hydrogen-bond acceptors (Lipinski definition) is 7. The van der Waals surface area contributed by atoms with Gasteiger partial charge in [0.15, 0.2) is 4.80 Å². The van der Waals surface area contributed by atoms with Crippen LogP contribution in [0.3, 0.4) is 0 Å². The molecule has 1 unspecified atom stereocenters. The summed E-state index contributed by atoms with van der Waals surface area (Å²) >= 11 is 13.4. The van der Waals surface area contributed by atoms with E-state index in [4.69, 9.17) is 37.1 Å². The van der Waals surface area contributed by atoms with E-state index in [2.05, 4.69) is 4.99 Å². The first kappa shape index (κ1) is 28.0. The molecule has 2 aromatic heterocycles. The first-order valence-corrected chi connectivity index (χ1v) is 14.2. The van der Waals surface area contributed by atoms with Gasteiger partial charge in [-0.25, -0.2) is 9.79 Å². The molecule has 0 N–H and O–H groups in total. The van der Waals surface area contributed by atoms with Crippen molar-refractivity contribution in [1.29, 1.82) is 0 Å². The molecule has 206 valence electrons. The van der Waals surface area contributed by atoms with E-state index in [1.165, 1.54) is 11.3 Å². The Bertz CT molecular complexity index is 1800. The number of allylic oxidation sites excluding steroid dienone is 1. The fraction of sp³-hybridized carbons (Fsp3) is 0.233. The number of thiazole rings is 1. The molecule has 0 spiro atoms. The molecule has 4 aromatic rings. The zero-order valence-corrected chi connectivity index (χ0v) is 24.6. The zero-order valence-electron chi connectivity index (χ0n) is 22.2. The van der Waals surface area contributed by atoms with Crippen LogP contribution < -0.4 is 19.6 Å². The van der Waals surface area contributed by atoms with E-state index in [-0.39, 0.29) is 11.7 Å². The highest BCUT2D eigenvalue weighted by molar-refractivity contribution is 7.07. The maximum atomic E-state index is 13.8. The average Bonchev–Trinajstić information content (AvgIpc) is 3.49. The van der Waals surface area contributed by atoms with E-state index in [1.807, 2.05) is 37.3 Å². The number of aromatic nitrogens is 1. The minimum atomic E-state index is -0.719. The van der Waals surface area contributed by atoms with Crippen LogP contribution in [0.2, 0.25) is 10.0 Å². The van der Waals surface area contributed by atoms with Gasteiger partial charge in [0.05, 0.1) is 44.6 Å². The second-order valence-corrected chi connectivity index (χ2v) is 11.2. The molecular formula is C30H26Cl2N2O5S. The predicted octanol–water partition coefficient (Wildman–Crippen LogP) is 6.15. The summed E-state index contributed by atoms with van der Waals surface area (Å²) in [5.74, 6) is 1.25. The Labute approximate surface area is 244 Å². The number of carbonyl (C=O) groups excluding carboxylic acids is 1. The normalized spacial score (nSPS) is 15.3. The summed E-state index contributed by atoms with van der Waals surface area (Å²) in [6.07, 6.45) is 1.34. The van der Waals surface area contributed by atoms with Crippen LogP contribution in [-0.4, -0.2) is 23.2 Å². The van der Waals surface area contributed by atoms with E-state index in [9.17, 15) is 9.59 Å². The quantitative estimate of drug-likeness (QED) is 0.239.